The summed E-state index contributed by atoms with van der Waals surface area (Å²) in [6.45, 7) is 5.37. The van der Waals surface area contributed by atoms with E-state index in [4.69, 9.17) is 0 Å². The van der Waals surface area contributed by atoms with Crippen LogP contribution in [0.5, 0.6) is 0 Å². The van der Waals surface area contributed by atoms with E-state index in [1.54, 1.807) is 12.4 Å². The predicted molar refractivity (Wildman–Crippen MR) is 78.0 cm³/mol. The molecule has 2 heterocycles. The third-order valence-electron chi connectivity index (χ3n) is 3.92. The second-order valence-electron chi connectivity index (χ2n) is 5.86. The Morgan fingerprint density at radius 2 is 2.00 bits per heavy atom. The van der Waals surface area contributed by atoms with Crippen molar-refractivity contribution in [3.05, 3.63) is 12.4 Å². The molecule has 2 atom stereocenters. The van der Waals surface area contributed by atoms with Gasteiger partial charge in [-0.05, 0) is 11.8 Å². The summed E-state index contributed by atoms with van der Waals surface area (Å²) in [6, 6.07) is 0. The molecule has 1 aliphatic heterocycles. The second kappa shape index (κ2) is 5.64. The van der Waals surface area contributed by atoms with Gasteiger partial charge in [-0.15, -0.1) is 0 Å². The summed E-state index contributed by atoms with van der Waals surface area (Å²) in [5, 5.41) is 9.40. The van der Waals surface area contributed by atoms with Crippen LogP contribution in [-0.2, 0) is 4.79 Å². The molecule has 0 saturated carbocycles. The molecule has 6 heteroatoms. The fourth-order valence-corrected chi connectivity index (χ4v) is 2.80. The van der Waals surface area contributed by atoms with E-state index >= 15 is 0 Å². The molecule has 1 N–H and O–H groups in total. The Hall–Kier alpha value is -1.85. The smallest absolute Gasteiger partial charge is 0.308 e. The van der Waals surface area contributed by atoms with Gasteiger partial charge >= 0.3 is 5.97 Å². The van der Waals surface area contributed by atoms with E-state index in [1.165, 1.54) is 0 Å². The van der Waals surface area contributed by atoms with Gasteiger partial charge in [0.15, 0.2) is 11.6 Å². The average molecular weight is 278 g/mol. The molecule has 1 aliphatic rings. The molecule has 0 amide bonds. The van der Waals surface area contributed by atoms with Crippen LogP contribution in [0.15, 0.2) is 12.4 Å². The highest BCUT2D eigenvalue weighted by molar-refractivity contribution is 5.73. The summed E-state index contributed by atoms with van der Waals surface area (Å²) in [6.07, 6.45) is 3.31. The van der Waals surface area contributed by atoms with Crippen LogP contribution in [0, 0.1) is 17.8 Å². The van der Waals surface area contributed by atoms with Gasteiger partial charge in [-0.1, -0.05) is 13.8 Å². The van der Waals surface area contributed by atoms with Crippen molar-refractivity contribution in [1.82, 2.24) is 9.97 Å². The number of rotatable bonds is 4. The Morgan fingerprint density at radius 1 is 1.35 bits per heavy atom. The van der Waals surface area contributed by atoms with E-state index in [2.05, 4.69) is 23.8 Å². The van der Waals surface area contributed by atoms with Gasteiger partial charge < -0.3 is 14.9 Å². The molecule has 1 aromatic rings. The molecule has 1 aromatic heterocycles. The van der Waals surface area contributed by atoms with E-state index in [1.807, 2.05) is 23.9 Å². The maximum Gasteiger partial charge on any atom is 0.308 e. The SMILES string of the molecule is CC(C)[C@@H]1CN(c2nccnc2N(C)C)C[C@H]1C(=O)O. The predicted octanol–water partition coefficient (Wildman–Crippen LogP) is 1.34. The maximum absolute atomic E-state index is 11.4. The van der Waals surface area contributed by atoms with Gasteiger partial charge in [0.1, 0.15) is 0 Å². The number of hydrogen-bond donors (Lipinski definition) is 1. The maximum atomic E-state index is 11.4. The van der Waals surface area contributed by atoms with E-state index in [0.29, 0.717) is 19.0 Å². The normalized spacial score (nSPS) is 22.4. The first-order valence-corrected chi connectivity index (χ1v) is 6.88. The molecule has 0 aromatic carbocycles. The Labute approximate surface area is 119 Å². The molecule has 20 heavy (non-hydrogen) atoms. The molecule has 1 fully saturated rings. The number of anilines is 2. The van der Waals surface area contributed by atoms with Crippen molar-refractivity contribution in [2.75, 3.05) is 37.0 Å². The molecule has 110 valence electrons. The molecule has 0 radical (unpaired) electrons. The zero-order valence-electron chi connectivity index (χ0n) is 12.4. The van der Waals surface area contributed by atoms with Gasteiger partial charge in [0.25, 0.3) is 0 Å². The van der Waals surface area contributed by atoms with Crippen molar-refractivity contribution in [1.29, 1.82) is 0 Å². The van der Waals surface area contributed by atoms with Crippen molar-refractivity contribution >= 4 is 17.6 Å². The van der Waals surface area contributed by atoms with E-state index in [0.717, 1.165) is 11.6 Å². The summed E-state index contributed by atoms with van der Waals surface area (Å²) in [4.78, 5) is 24.1. The lowest BCUT2D eigenvalue weighted by Gasteiger charge is -2.23. The van der Waals surface area contributed by atoms with Crippen LogP contribution >= 0.6 is 0 Å². The standard InChI is InChI=1S/C14H22N4O2/c1-9(2)10-7-18(8-11(10)14(19)20)13-12(17(3)4)15-5-6-16-13/h5-6,9-11H,7-8H2,1-4H3,(H,19,20)/t10-,11+/m0/s1. The van der Waals surface area contributed by atoms with Crippen molar-refractivity contribution in [3.8, 4) is 0 Å². The van der Waals surface area contributed by atoms with Gasteiger partial charge in [-0.3, -0.25) is 4.79 Å². The van der Waals surface area contributed by atoms with Gasteiger partial charge in [-0.2, -0.15) is 0 Å². The Balaban J connectivity index is 2.29. The number of hydrogen-bond acceptors (Lipinski definition) is 5. The van der Waals surface area contributed by atoms with Gasteiger partial charge in [0.05, 0.1) is 5.92 Å². The third kappa shape index (κ3) is 2.69. The monoisotopic (exact) mass is 278 g/mol. The van der Waals surface area contributed by atoms with Crippen molar-refractivity contribution in [2.24, 2.45) is 17.8 Å². The van der Waals surface area contributed by atoms with Crippen LogP contribution < -0.4 is 9.80 Å². The van der Waals surface area contributed by atoms with E-state index in [9.17, 15) is 9.90 Å². The van der Waals surface area contributed by atoms with Crippen LogP contribution in [0.3, 0.4) is 0 Å². The zero-order chi connectivity index (χ0) is 14.9. The molecule has 0 unspecified atom stereocenters. The molecule has 0 bridgehead atoms. The first kappa shape index (κ1) is 14.6. The third-order valence-corrected chi connectivity index (χ3v) is 3.92. The first-order valence-electron chi connectivity index (χ1n) is 6.88. The summed E-state index contributed by atoms with van der Waals surface area (Å²) in [7, 11) is 3.83. The number of aliphatic carboxylic acids is 1. The highest BCUT2D eigenvalue weighted by atomic mass is 16.4. The molecule has 2 rings (SSSR count). The van der Waals surface area contributed by atoms with Crippen LogP contribution in [-0.4, -0.2) is 48.2 Å². The lowest BCUT2D eigenvalue weighted by Crippen LogP contribution is -2.26. The fraction of sp³-hybridized carbons (Fsp3) is 0.643. The Kier molecular flexibility index (Phi) is 4.11. The largest absolute Gasteiger partial charge is 0.481 e. The topological polar surface area (TPSA) is 69.6 Å². The number of aromatic nitrogens is 2. The summed E-state index contributed by atoms with van der Waals surface area (Å²) in [5.41, 5.74) is 0. The van der Waals surface area contributed by atoms with Crippen LogP contribution in [0.2, 0.25) is 0 Å². The number of carboxylic acids is 1. The average Bonchev–Trinajstić information content (AvgIpc) is 2.83. The van der Waals surface area contributed by atoms with Crippen LogP contribution in [0.1, 0.15) is 13.8 Å². The molecule has 6 nitrogen and oxygen atoms in total. The van der Waals surface area contributed by atoms with Crippen molar-refractivity contribution in [3.63, 3.8) is 0 Å². The van der Waals surface area contributed by atoms with Gasteiger partial charge in [0, 0.05) is 39.6 Å². The zero-order valence-corrected chi connectivity index (χ0v) is 12.4. The summed E-state index contributed by atoms with van der Waals surface area (Å²) < 4.78 is 0. The van der Waals surface area contributed by atoms with Gasteiger partial charge in [0.2, 0.25) is 0 Å². The summed E-state index contributed by atoms with van der Waals surface area (Å²) >= 11 is 0. The van der Waals surface area contributed by atoms with E-state index in [-0.39, 0.29) is 11.8 Å². The molecular formula is C14H22N4O2. The quantitative estimate of drug-likeness (QED) is 0.896. The Bertz CT molecular complexity index is 490. The Morgan fingerprint density at radius 3 is 2.50 bits per heavy atom. The first-order chi connectivity index (χ1) is 9.41. The highest BCUT2D eigenvalue weighted by Crippen LogP contribution is 2.34. The molecule has 1 saturated heterocycles. The second-order valence-corrected chi connectivity index (χ2v) is 5.86. The van der Waals surface area contributed by atoms with Crippen LogP contribution in [0.25, 0.3) is 0 Å². The molecule has 0 aliphatic carbocycles. The minimum absolute atomic E-state index is 0.143. The summed E-state index contributed by atoms with van der Waals surface area (Å²) in [5.74, 6) is 0.964. The lowest BCUT2D eigenvalue weighted by atomic mass is 9.86. The minimum Gasteiger partial charge on any atom is -0.481 e. The van der Waals surface area contributed by atoms with Crippen molar-refractivity contribution in [2.45, 2.75) is 13.8 Å². The lowest BCUT2D eigenvalue weighted by molar-refractivity contribution is -0.142. The molecule has 0 spiro atoms. The molecular weight excluding hydrogens is 256 g/mol. The number of carbonyl (C=O) groups is 1. The van der Waals surface area contributed by atoms with E-state index < -0.39 is 5.97 Å². The van der Waals surface area contributed by atoms with Gasteiger partial charge in [-0.25, -0.2) is 9.97 Å². The van der Waals surface area contributed by atoms with Crippen molar-refractivity contribution < 1.29 is 9.90 Å². The fourth-order valence-electron chi connectivity index (χ4n) is 2.80. The number of nitrogens with zero attached hydrogens (tertiary/aromatic N) is 4. The van der Waals surface area contributed by atoms with Crippen LogP contribution in [0.4, 0.5) is 11.6 Å². The number of carboxylic acid groups (broad SMARTS) is 1. The highest BCUT2D eigenvalue weighted by Gasteiger charge is 2.40. The minimum atomic E-state index is -0.721.